The Kier molecular flexibility index (Phi) is 3.53. The van der Waals surface area contributed by atoms with Crippen LogP contribution in [0.1, 0.15) is 52.7 Å². The molecule has 0 unspecified atom stereocenters. The zero-order valence-corrected chi connectivity index (χ0v) is 16.9. The third-order valence-electron chi connectivity index (χ3n) is 5.96. The molecule has 1 saturated carbocycles. The van der Waals surface area contributed by atoms with Crippen molar-refractivity contribution >= 4 is 22.4 Å². The van der Waals surface area contributed by atoms with Crippen LogP contribution in [0.5, 0.6) is 0 Å². The summed E-state index contributed by atoms with van der Waals surface area (Å²) in [5.74, 6) is 2.40. The van der Waals surface area contributed by atoms with Crippen molar-refractivity contribution in [2.24, 2.45) is 5.10 Å². The molecule has 6 nitrogen and oxygen atoms in total. The van der Waals surface area contributed by atoms with Gasteiger partial charge in [-0.2, -0.15) is 5.10 Å². The second kappa shape index (κ2) is 6.16. The molecule has 0 bridgehead atoms. The molecule has 148 valence electrons. The van der Waals surface area contributed by atoms with Crippen LogP contribution in [0.3, 0.4) is 0 Å². The van der Waals surface area contributed by atoms with Gasteiger partial charge in [-0.1, -0.05) is 36.0 Å². The highest BCUT2D eigenvalue weighted by atomic mass is 16.5. The lowest BCUT2D eigenvalue weighted by molar-refractivity contribution is 0.393. The molecule has 1 aliphatic heterocycles. The van der Waals surface area contributed by atoms with E-state index in [1.54, 1.807) is 0 Å². The van der Waals surface area contributed by atoms with Crippen LogP contribution in [0.2, 0.25) is 0 Å². The second-order valence-corrected chi connectivity index (χ2v) is 8.11. The molecule has 0 spiro atoms. The van der Waals surface area contributed by atoms with E-state index in [1.165, 1.54) is 12.8 Å². The minimum absolute atomic E-state index is 0.534. The van der Waals surface area contributed by atoms with Gasteiger partial charge in [-0.25, -0.2) is 4.98 Å². The summed E-state index contributed by atoms with van der Waals surface area (Å²) in [7, 11) is 0. The molecule has 0 amide bonds. The van der Waals surface area contributed by atoms with Gasteiger partial charge < -0.3 is 9.51 Å². The molecule has 2 aromatic heterocycles. The highest BCUT2D eigenvalue weighted by molar-refractivity contribution is 6.21. The van der Waals surface area contributed by atoms with Crippen LogP contribution in [-0.2, 0) is 0 Å². The average molecular weight is 395 g/mol. The van der Waals surface area contributed by atoms with Gasteiger partial charge in [0.15, 0.2) is 0 Å². The number of benzene rings is 2. The standard InChI is InChI=1S/C24H21N5O/c1-12-17-6-4-5-7-18(17)22(28-27-12)19-10-16(21-13(2)29-30-14(21)3)11-20-23(19)26-24(25-20)15-8-9-15/h4-7,10-11,15,27H,1,8-9H2,2-3H3,(H,25,26). The van der Waals surface area contributed by atoms with Crippen molar-refractivity contribution < 1.29 is 4.52 Å². The Bertz CT molecular complexity index is 1350. The largest absolute Gasteiger partial charge is 0.361 e. The van der Waals surface area contributed by atoms with Gasteiger partial charge in [-0.05, 0) is 44.4 Å². The maximum absolute atomic E-state index is 5.44. The van der Waals surface area contributed by atoms with E-state index < -0.39 is 0 Å². The summed E-state index contributed by atoms with van der Waals surface area (Å²) in [4.78, 5) is 8.54. The van der Waals surface area contributed by atoms with E-state index in [9.17, 15) is 0 Å². The lowest BCUT2D eigenvalue weighted by atomic mass is 9.92. The fourth-order valence-electron chi connectivity index (χ4n) is 4.31. The maximum atomic E-state index is 5.44. The topological polar surface area (TPSA) is 79.1 Å². The van der Waals surface area contributed by atoms with Gasteiger partial charge in [-0.3, -0.25) is 5.43 Å². The van der Waals surface area contributed by atoms with Crippen molar-refractivity contribution in [3.05, 3.63) is 76.9 Å². The summed E-state index contributed by atoms with van der Waals surface area (Å²) in [6, 6.07) is 12.5. The van der Waals surface area contributed by atoms with Gasteiger partial charge in [0.1, 0.15) is 17.3 Å². The molecule has 0 saturated heterocycles. The van der Waals surface area contributed by atoms with Crippen LogP contribution >= 0.6 is 0 Å². The number of nitrogens with zero attached hydrogens (tertiary/aromatic N) is 3. The quantitative estimate of drug-likeness (QED) is 0.509. The molecule has 1 fully saturated rings. The van der Waals surface area contributed by atoms with Crippen molar-refractivity contribution in [1.82, 2.24) is 20.6 Å². The Morgan fingerprint density at radius 3 is 2.60 bits per heavy atom. The molecule has 0 radical (unpaired) electrons. The van der Waals surface area contributed by atoms with Crippen LogP contribution in [0.25, 0.3) is 27.9 Å². The first-order valence-corrected chi connectivity index (χ1v) is 10.2. The molecule has 2 aromatic carbocycles. The summed E-state index contributed by atoms with van der Waals surface area (Å²) < 4.78 is 5.44. The molecule has 1 aliphatic carbocycles. The van der Waals surface area contributed by atoms with E-state index in [0.717, 1.165) is 67.5 Å². The predicted octanol–water partition coefficient (Wildman–Crippen LogP) is 5.04. The van der Waals surface area contributed by atoms with E-state index >= 15 is 0 Å². The SMILES string of the molecule is C=C1NN=C(c2cc(-c3c(C)noc3C)cc3[nH]c(C4CC4)nc23)c2ccccc21. The van der Waals surface area contributed by atoms with Gasteiger partial charge in [0, 0.05) is 28.2 Å². The molecule has 2 aliphatic rings. The lowest BCUT2D eigenvalue weighted by Gasteiger charge is -2.20. The van der Waals surface area contributed by atoms with Crippen LogP contribution in [-0.4, -0.2) is 20.8 Å². The molecule has 4 aromatic rings. The number of hydrogen-bond donors (Lipinski definition) is 2. The van der Waals surface area contributed by atoms with Crippen LogP contribution < -0.4 is 5.43 Å². The van der Waals surface area contributed by atoms with E-state index in [4.69, 9.17) is 9.51 Å². The van der Waals surface area contributed by atoms with Gasteiger partial charge in [0.25, 0.3) is 0 Å². The summed E-state index contributed by atoms with van der Waals surface area (Å²) in [5.41, 5.74) is 12.7. The predicted molar refractivity (Wildman–Crippen MR) is 117 cm³/mol. The summed E-state index contributed by atoms with van der Waals surface area (Å²) in [6.45, 7) is 8.02. The van der Waals surface area contributed by atoms with Gasteiger partial charge in [0.05, 0.1) is 22.4 Å². The van der Waals surface area contributed by atoms with Crippen LogP contribution in [0, 0.1) is 13.8 Å². The Labute approximate surface area is 173 Å². The molecule has 6 heteroatoms. The number of nitrogens with one attached hydrogen (secondary N) is 2. The fraction of sp³-hybridized carbons (Fsp3) is 0.208. The fourth-order valence-corrected chi connectivity index (χ4v) is 4.31. The molecule has 3 heterocycles. The molecular weight excluding hydrogens is 374 g/mol. The Morgan fingerprint density at radius 1 is 1.07 bits per heavy atom. The molecule has 30 heavy (non-hydrogen) atoms. The number of rotatable bonds is 3. The Morgan fingerprint density at radius 2 is 1.87 bits per heavy atom. The van der Waals surface area contributed by atoms with E-state index in [-0.39, 0.29) is 0 Å². The summed E-state index contributed by atoms with van der Waals surface area (Å²) >= 11 is 0. The van der Waals surface area contributed by atoms with Crippen molar-refractivity contribution in [3.8, 4) is 11.1 Å². The molecule has 2 N–H and O–H groups in total. The number of aromatic nitrogens is 3. The highest BCUT2D eigenvalue weighted by Crippen LogP contribution is 2.41. The smallest absolute Gasteiger partial charge is 0.141 e. The first-order chi connectivity index (χ1) is 14.6. The number of hydrogen-bond acceptors (Lipinski definition) is 5. The van der Waals surface area contributed by atoms with E-state index in [2.05, 4.69) is 51.5 Å². The van der Waals surface area contributed by atoms with Gasteiger partial charge >= 0.3 is 0 Å². The van der Waals surface area contributed by atoms with Crippen molar-refractivity contribution in [1.29, 1.82) is 0 Å². The number of fused-ring (bicyclic) bond motifs is 2. The summed E-state index contributed by atoms with van der Waals surface area (Å²) in [5, 5.41) is 8.83. The normalized spacial score (nSPS) is 15.8. The zero-order chi connectivity index (χ0) is 20.4. The van der Waals surface area contributed by atoms with Crippen molar-refractivity contribution in [3.63, 3.8) is 0 Å². The first kappa shape index (κ1) is 17.2. The zero-order valence-electron chi connectivity index (χ0n) is 16.9. The lowest BCUT2D eigenvalue weighted by Crippen LogP contribution is -2.20. The Hall–Kier alpha value is -3.67. The number of aromatic amines is 1. The van der Waals surface area contributed by atoms with Gasteiger partial charge in [-0.15, -0.1) is 0 Å². The monoisotopic (exact) mass is 395 g/mol. The van der Waals surface area contributed by atoms with E-state index in [0.29, 0.717) is 5.92 Å². The van der Waals surface area contributed by atoms with Crippen LogP contribution in [0.15, 0.2) is 52.6 Å². The minimum Gasteiger partial charge on any atom is -0.361 e. The number of hydrazone groups is 1. The molecular formula is C24H21N5O. The second-order valence-electron chi connectivity index (χ2n) is 8.11. The third kappa shape index (κ3) is 2.53. The van der Waals surface area contributed by atoms with Crippen molar-refractivity contribution in [2.75, 3.05) is 0 Å². The number of imidazole rings is 1. The Balaban J connectivity index is 1.64. The minimum atomic E-state index is 0.534. The van der Waals surface area contributed by atoms with Crippen molar-refractivity contribution in [2.45, 2.75) is 32.6 Å². The molecule has 0 atom stereocenters. The molecule has 6 rings (SSSR count). The van der Waals surface area contributed by atoms with Gasteiger partial charge in [0.2, 0.25) is 0 Å². The number of aryl methyl sites for hydroxylation is 2. The number of H-pyrrole nitrogens is 1. The highest BCUT2D eigenvalue weighted by Gasteiger charge is 2.29. The summed E-state index contributed by atoms with van der Waals surface area (Å²) in [6.07, 6.45) is 2.38. The van der Waals surface area contributed by atoms with E-state index in [1.807, 2.05) is 26.0 Å². The maximum Gasteiger partial charge on any atom is 0.141 e. The first-order valence-electron chi connectivity index (χ1n) is 10.2. The van der Waals surface area contributed by atoms with Crippen LogP contribution in [0.4, 0.5) is 0 Å². The average Bonchev–Trinajstić information content (AvgIpc) is 3.43. The third-order valence-corrected chi connectivity index (χ3v) is 5.96.